The van der Waals surface area contributed by atoms with Gasteiger partial charge in [-0.25, -0.2) is 8.78 Å². The third-order valence-electron chi connectivity index (χ3n) is 4.25. The Morgan fingerprint density at radius 1 is 0.375 bits per heavy atom. The van der Waals surface area contributed by atoms with Crippen molar-refractivity contribution < 1.29 is 8.78 Å². The van der Waals surface area contributed by atoms with E-state index in [1.165, 1.54) is 12.1 Å². The van der Waals surface area contributed by atoms with Gasteiger partial charge in [-0.1, -0.05) is 72.8 Å². The summed E-state index contributed by atoms with van der Waals surface area (Å²) in [6.45, 7) is 0. The van der Waals surface area contributed by atoms with Gasteiger partial charge in [0.15, 0.2) is 0 Å². The van der Waals surface area contributed by atoms with Gasteiger partial charge < -0.3 is 0 Å². The highest BCUT2D eigenvalue weighted by Crippen LogP contribution is 2.37. The van der Waals surface area contributed by atoms with E-state index in [1.807, 2.05) is 48.5 Å². The lowest BCUT2D eigenvalue weighted by Crippen LogP contribution is -1.90. The first-order chi connectivity index (χ1) is 11.8. The average molecular weight is 316 g/mol. The molecule has 24 heavy (non-hydrogen) atoms. The van der Waals surface area contributed by atoms with Crippen LogP contribution in [-0.2, 0) is 0 Å². The van der Waals surface area contributed by atoms with Gasteiger partial charge in [-0.15, -0.1) is 0 Å². The summed E-state index contributed by atoms with van der Waals surface area (Å²) in [4.78, 5) is 0. The third-order valence-corrected chi connectivity index (χ3v) is 4.25. The molecule has 0 amide bonds. The zero-order chi connectivity index (χ0) is 16.5. The quantitative estimate of drug-likeness (QED) is 0.398. The molecule has 4 aromatic carbocycles. The lowest BCUT2D eigenvalue weighted by Gasteiger charge is -2.13. The molecule has 0 aromatic heterocycles. The van der Waals surface area contributed by atoms with Crippen molar-refractivity contribution in [1.82, 2.24) is 0 Å². The van der Waals surface area contributed by atoms with Crippen molar-refractivity contribution in [3.8, 4) is 22.3 Å². The Hall–Kier alpha value is -3.00. The average Bonchev–Trinajstić information content (AvgIpc) is 2.62. The molecule has 0 fully saturated rings. The fourth-order valence-electron chi connectivity index (χ4n) is 3.13. The number of benzene rings is 4. The van der Waals surface area contributed by atoms with Crippen LogP contribution in [0.1, 0.15) is 0 Å². The Morgan fingerprint density at radius 2 is 0.750 bits per heavy atom. The van der Waals surface area contributed by atoms with Crippen molar-refractivity contribution in [3.05, 3.63) is 96.6 Å². The molecule has 0 aliphatic heterocycles. The van der Waals surface area contributed by atoms with Gasteiger partial charge in [0.2, 0.25) is 0 Å². The Morgan fingerprint density at radius 3 is 1.17 bits per heavy atom. The molecule has 0 saturated heterocycles. The molecule has 0 N–H and O–H groups in total. The third kappa shape index (κ3) is 2.37. The Bertz CT molecular complexity index is 951. The molecule has 0 saturated carbocycles. The van der Waals surface area contributed by atoms with E-state index < -0.39 is 0 Å². The minimum Gasteiger partial charge on any atom is -0.206 e. The van der Waals surface area contributed by atoms with Crippen molar-refractivity contribution in [2.24, 2.45) is 0 Å². The van der Waals surface area contributed by atoms with Crippen molar-refractivity contribution in [3.63, 3.8) is 0 Å². The van der Waals surface area contributed by atoms with Crippen LogP contribution in [0.2, 0.25) is 0 Å². The van der Waals surface area contributed by atoms with Crippen LogP contribution in [0, 0.1) is 11.6 Å². The molecule has 0 aliphatic rings. The summed E-state index contributed by atoms with van der Waals surface area (Å²) in [5.41, 5.74) is 2.72. The van der Waals surface area contributed by atoms with Crippen LogP contribution in [0.25, 0.3) is 33.0 Å². The lowest BCUT2D eigenvalue weighted by molar-refractivity contribution is 0.631. The minimum absolute atomic E-state index is 0.263. The number of rotatable bonds is 2. The molecule has 0 spiro atoms. The van der Waals surface area contributed by atoms with E-state index >= 15 is 0 Å². The largest absolute Gasteiger partial charge is 0.206 e. The molecule has 0 atom stereocenters. The fourth-order valence-corrected chi connectivity index (χ4v) is 3.13. The smallest absolute Gasteiger partial charge is 0.131 e. The molecule has 0 radical (unpaired) electrons. The van der Waals surface area contributed by atoms with Gasteiger partial charge in [0.1, 0.15) is 11.6 Å². The molecular formula is C22H14F2. The van der Waals surface area contributed by atoms with Gasteiger partial charge in [-0.2, -0.15) is 0 Å². The van der Waals surface area contributed by atoms with Crippen LogP contribution in [0.4, 0.5) is 8.78 Å². The van der Waals surface area contributed by atoms with Crippen LogP contribution in [0.15, 0.2) is 84.9 Å². The molecule has 2 heteroatoms. The molecule has 4 rings (SSSR count). The van der Waals surface area contributed by atoms with E-state index in [1.54, 1.807) is 24.3 Å². The first-order valence-electron chi connectivity index (χ1n) is 7.77. The molecule has 116 valence electrons. The van der Waals surface area contributed by atoms with E-state index in [-0.39, 0.29) is 11.6 Å². The first kappa shape index (κ1) is 14.6. The number of hydrogen-bond acceptors (Lipinski definition) is 0. The van der Waals surface area contributed by atoms with Gasteiger partial charge in [0.25, 0.3) is 0 Å². The summed E-state index contributed by atoms with van der Waals surface area (Å²) < 4.78 is 28.5. The molecule has 0 heterocycles. The second-order valence-electron chi connectivity index (χ2n) is 5.67. The van der Waals surface area contributed by atoms with Crippen LogP contribution in [0.3, 0.4) is 0 Å². The van der Waals surface area contributed by atoms with E-state index in [9.17, 15) is 8.78 Å². The van der Waals surface area contributed by atoms with Crippen molar-refractivity contribution in [2.75, 3.05) is 0 Å². The van der Waals surface area contributed by atoms with Crippen molar-refractivity contribution in [2.45, 2.75) is 0 Å². The molecule has 4 aromatic rings. The van der Waals surface area contributed by atoms with E-state index in [2.05, 4.69) is 0 Å². The molecule has 0 unspecified atom stereocenters. The maximum atomic E-state index is 14.2. The van der Waals surface area contributed by atoms with Crippen molar-refractivity contribution in [1.29, 1.82) is 0 Å². The predicted octanol–water partition coefficient (Wildman–Crippen LogP) is 6.45. The van der Waals surface area contributed by atoms with Gasteiger partial charge in [0.05, 0.1) is 0 Å². The number of fused-ring (bicyclic) bond motifs is 1. The van der Waals surface area contributed by atoms with E-state index in [0.29, 0.717) is 11.1 Å². The maximum absolute atomic E-state index is 14.2. The second-order valence-corrected chi connectivity index (χ2v) is 5.67. The summed E-state index contributed by atoms with van der Waals surface area (Å²) in [6, 6.07) is 24.9. The Kier molecular flexibility index (Phi) is 3.58. The van der Waals surface area contributed by atoms with Gasteiger partial charge in [0, 0.05) is 11.1 Å². The van der Waals surface area contributed by atoms with Gasteiger partial charge >= 0.3 is 0 Å². The van der Waals surface area contributed by atoms with Crippen LogP contribution >= 0.6 is 0 Å². The van der Waals surface area contributed by atoms with Gasteiger partial charge in [-0.3, -0.25) is 0 Å². The zero-order valence-electron chi connectivity index (χ0n) is 12.8. The van der Waals surface area contributed by atoms with Crippen LogP contribution in [-0.4, -0.2) is 0 Å². The Balaban J connectivity index is 2.04. The summed E-state index contributed by atoms with van der Waals surface area (Å²) in [5, 5.41) is 1.81. The molecule has 0 nitrogen and oxygen atoms in total. The normalized spacial score (nSPS) is 10.9. The molecule has 0 aliphatic carbocycles. The summed E-state index contributed by atoms with van der Waals surface area (Å²) in [5.74, 6) is -0.525. The summed E-state index contributed by atoms with van der Waals surface area (Å²) in [7, 11) is 0. The standard InChI is InChI=1S/C22H14F2/c23-21-11-5-3-9-19(21)17-13-14-18(16-8-2-1-7-15(16)17)20-10-4-6-12-22(20)24/h1-14H. The maximum Gasteiger partial charge on any atom is 0.131 e. The molecular weight excluding hydrogens is 302 g/mol. The van der Waals surface area contributed by atoms with E-state index in [4.69, 9.17) is 0 Å². The Labute approximate surface area is 139 Å². The summed E-state index contributed by atoms with van der Waals surface area (Å²) >= 11 is 0. The van der Waals surface area contributed by atoms with Crippen LogP contribution in [0.5, 0.6) is 0 Å². The monoisotopic (exact) mass is 316 g/mol. The first-order valence-corrected chi connectivity index (χ1v) is 7.77. The number of halogens is 2. The predicted molar refractivity (Wildman–Crippen MR) is 94.7 cm³/mol. The minimum atomic E-state index is -0.263. The second kappa shape index (κ2) is 5.89. The molecule has 0 bridgehead atoms. The fraction of sp³-hybridized carbons (Fsp3) is 0. The van der Waals surface area contributed by atoms with Crippen molar-refractivity contribution >= 4 is 10.8 Å². The van der Waals surface area contributed by atoms with Gasteiger partial charge in [-0.05, 0) is 34.0 Å². The number of hydrogen-bond donors (Lipinski definition) is 0. The summed E-state index contributed by atoms with van der Waals surface area (Å²) in [6.07, 6.45) is 0. The van der Waals surface area contributed by atoms with Crippen LogP contribution < -0.4 is 0 Å². The SMILES string of the molecule is Fc1ccccc1-c1ccc(-c2ccccc2F)c2ccccc12. The highest BCUT2D eigenvalue weighted by molar-refractivity contribution is 6.05. The topological polar surface area (TPSA) is 0 Å². The highest BCUT2D eigenvalue weighted by Gasteiger charge is 2.13. The zero-order valence-corrected chi connectivity index (χ0v) is 12.8. The lowest BCUT2D eigenvalue weighted by atomic mass is 9.92. The highest BCUT2D eigenvalue weighted by atomic mass is 19.1. The van der Waals surface area contributed by atoms with E-state index in [0.717, 1.165) is 21.9 Å².